The molecule has 122 valence electrons. The van der Waals surface area contributed by atoms with Gasteiger partial charge in [0.15, 0.2) is 0 Å². The van der Waals surface area contributed by atoms with Gasteiger partial charge < -0.3 is 14.6 Å². The number of ether oxygens (including phenoxy) is 2. The lowest BCUT2D eigenvalue weighted by Gasteiger charge is -2.34. The summed E-state index contributed by atoms with van der Waals surface area (Å²) < 4.78 is 22.7. The highest BCUT2D eigenvalue weighted by molar-refractivity contribution is 7.85. The van der Waals surface area contributed by atoms with Crippen LogP contribution < -0.4 is 0 Å². The fourth-order valence-corrected chi connectivity index (χ4v) is 4.82. The van der Waals surface area contributed by atoms with Crippen LogP contribution in [0.5, 0.6) is 0 Å². The first kappa shape index (κ1) is 16.9. The Morgan fingerprint density at radius 2 is 2.10 bits per heavy atom. The van der Waals surface area contributed by atoms with Gasteiger partial charge in [0.1, 0.15) is 0 Å². The normalized spacial score (nSPS) is 34.6. The molecule has 1 N–H and O–H groups in total. The molecule has 2 atom stereocenters. The molecule has 2 fully saturated rings. The lowest BCUT2D eigenvalue weighted by atomic mass is 9.80. The number of hydrogen-bond donors (Lipinski definition) is 1. The fraction of sp³-hybridized carbons (Fsp3) is 0.933. The summed E-state index contributed by atoms with van der Waals surface area (Å²) in [7, 11) is -1.06. The van der Waals surface area contributed by atoms with Crippen molar-refractivity contribution in [3.63, 3.8) is 0 Å². The van der Waals surface area contributed by atoms with Crippen molar-refractivity contribution in [2.24, 2.45) is 5.92 Å². The van der Waals surface area contributed by atoms with Gasteiger partial charge in [0.2, 0.25) is 0 Å². The van der Waals surface area contributed by atoms with Gasteiger partial charge in [-0.25, -0.2) is 0 Å². The van der Waals surface area contributed by atoms with E-state index in [0.29, 0.717) is 43.8 Å². The van der Waals surface area contributed by atoms with Crippen molar-refractivity contribution in [1.29, 1.82) is 0 Å². The van der Waals surface area contributed by atoms with Crippen LogP contribution in [0.1, 0.15) is 45.4 Å². The highest BCUT2D eigenvalue weighted by Crippen LogP contribution is 2.33. The maximum absolute atomic E-state index is 12.2. The van der Waals surface area contributed by atoms with Crippen molar-refractivity contribution < 1.29 is 23.6 Å². The summed E-state index contributed by atoms with van der Waals surface area (Å²) >= 11 is 0. The highest BCUT2D eigenvalue weighted by atomic mass is 32.2. The van der Waals surface area contributed by atoms with Gasteiger partial charge in [0, 0.05) is 23.2 Å². The lowest BCUT2D eigenvalue weighted by molar-refractivity contribution is -0.150. The summed E-state index contributed by atoms with van der Waals surface area (Å²) in [6.07, 6.45) is 4.37. The van der Waals surface area contributed by atoms with Crippen LogP contribution in [0.25, 0.3) is 0 Å². The molecule has 2 aliphatic rings. The molecule has 0 aromatic carbocycles. The first-order valence-corrected chi connectivity index (χ1v) is 9.37. The van der Waals surface area contributed by atoms with E-state index in [4.69, 9.17) is 9.47 Å². The average Bonchev–Trinajstić information content (AvgIpc) is 2.92. The predicted molar refractivity (Wildman–Crippen MR) is 80.4 cm³/mol. The Morgan fingerprint density at radius 1 is 1.38 bits per heavy atom. The van der Waals surface area contributed by atoms with E-state index in [9.17, 15) is 14.1 Å². The van der Waals surface area contributed by atoms with Crippen LogP contribution in [0.15, 0.2) is 0 Å². The van der Waals surface area contributed by atoms with Crippen molar-refractivity contribution in [1.82, 2.24) is 0 Å². The van der Waals surface area contributed by atoms with Crippen molar-refractivity contribution in [3.8, 4) is 0 Å². The second kappa shape index (κ2) is 7.70. The third-order valence-electron chi connectivity index (χ3n) is 4.36. The maximum atomic E-state index is 12.2. The van der Waals surface area contributed by atoms with Crippen LogP contribution in [0.4, 0.5) is 0 Å². The molecule has 0 radical (unpaired) electrons. The summed E-state index contributed by atoms with van der Waals surface area (Å²) in [5.41, 5.74) is -0.896. The number of hydrogen-bond acceptors (Lipinski definition) is 5. The Balaban J connectivity index is 1.76. The zero-order valence-corrected chi connectivity index (χ0v) is 13.5. The third kappa shape index (κ3) is 5.04. The van der Waals surface area contributed by atoms with Gasteiger partial charge in [-0.2, -0.15) is 0 Å². The van der Waals surface area contributed by atoms with Gasteiger partial charge >= 0.3 is 5.97 Å². The minimum Gasteiger partial charge on any atom is -0.466 e. The highest BCUT2D eigenvalue weighted by Gasteiger charge is 2.38. The molecule has 6 heteroatoms. The standard InChI is InChI=1S/C15H26O5S/c1-2-19-14(16)12-5-7-15(17,8-6-12)11-21(18)10-13-4-3-9-20-13/h12-13,17H,2-11H2,1H3. The monoisotopic (exact) mass is 318 g/mol. The molecule has 0 aromatic rings. The lowest BCUT2D eigenvalue weighted by Crippen LogP contribution is -2.42. The molecule has 2 unspecified atom stereocenters. The minimum absolute atomic E-state index is 0.0882. The Labute approximate surface area is 128 Å². The molecule has 1 saturated carbocycles. The molecular formula is C15H26O5S. The van der Waals surface area contributed by atoms with Crippen LogP contribution in [0.3, 0.4) is 0 Å². The molecule has 5 nitrogen and oxygen atoms in total. The molecule has 0 spiro atoms. The van der Waals surface area contributed by atoms with E-state index in [1.807, 2.05) is 0 Å². The Hall–Kier alpha value is -0.460. The van der Waals surface area contributed by atoms with Gasteiger partial charge in [-0.05, 0) is 45.4 Å². The molecule has 2 rings (SSSR count). The molecule has 1 saturated heterocycles. The van der Waals surface area contributed by atoms with E-state index in [1.54, 1.807) is 6.92 Å². The van der Waals surface area contributed by atoms with Crippen molar-refractivity contribution in [3.05, 3.63) is 0 Å². The summed E-state index contributed by atoms with van der Waals surface area (Å²) in [5, 5.41) is 10.6. The van der Waals surface area contributed by atoms with E-state index >= 15 is 0 Å². The molecule has 1 aliphatic heterocycles. The summed E-state index contributed by atoms with van der Waals surface area (Å²) in [6, 6.07) is 0. The SMILES string of the molecule is CCOC(=O)C1CCC(O)(CS(=O)CC2CCCO2)CC1. The average molecular weight is 318 g/mol. The van der Waals surface area contributed by atoms with Crippen LogP contribution >= 0.6 is 0 Å². The number of carbonyl (C=O) groups is 1. The largest absolute Gasteiger partial charge is 0.466 e. The van der Waals surface area contributed by atoms with Gasteiger partial charge in [-0.1, -0.05) is 0 Å². The van der Waals surface area contributed by atoms with E-state index in [-0.39, 0.29) is 18.0 Å². The van der Waals surface area contributed by atoms with Gasteiger partial charge in [-0.15, -0.1) is 0 Å². The zero-order valence-electron chi connectivity index (χ0n) is 12.7. The van der Waals surface area contributed by atoms with E-state index in [1.165, 1.54) is 0 Å². The number of aliphatic hydroxyl groups is 1. The van der Waals surface area contributed by atoms with Crippen molar-refractivity contribution >= 4 is 16.8 Å². The summed E-state index contributed by atoms with van der Waals surface area (Å²) in [5.74, 6) is 0.531. The van der Waals surface area contributed by atoms with Crippen LogP contribution in [0, 0.1) is 5.92 Å². The summed E-state index contributed by atoms with van der Waals surface area (Å²) in [6.45, 7) is 2.95. The van der Waals surface area contributed by atoms with E-state index in [0.717, 1.165) is 19.4 Å². The maximum Gasteiger partial charge on any atom is 0.308 e. The van der Waals surface area contributed by atoms with Crippen LogP contribution in [0.2, 0.25) is 0 Å². The number of rotatable bonds is 6. The molecular weight excluding hydrogens is 292 g/mol. The molecule has 21 heavy (non-hydrogen) atoms. The summed E-state index contributed by atoms with van der Waals surface area (Å²) in [4.78, 5) is 11.7. The Kier molecular flexibility index (Phi) is 6.20. The molecule has 1 heterocycles. The number of carbonyl (C=O) groups excluding carboxylic acids is 1. The van der Waals surface area contributed by atoms with Crippen molar-refractivity contribution in [2.75, 3.05) is 24.7 Å². The fourth-order valence-electron chi connectivity index (χ4n) is 3.14. The second-order valence-corrected chi connectivity index (χ2v) is 7.64. The minimum atomic E-state index is -1.06. The van der Waals surface area contributed by atoms with E-state index in [2.05, 4.69) is 0 Å². The second-order valence-electron chi connectivity index (χ2n) is 6.14. The quantitative estimate of drug-likeness (QED) is 0.750. The van der Waals surface area contributed by atoms with Gasteiger partial charge in [0.05, 0.1) is 30.0 Å². The predicted octanol–water partition coefficient (Wildman–Crippen LogP) is 1.40. The third-order valence-corrected chi connectivity index (χ3v) is 5.96. The first-order chi connectivity index (χ1) is 10.0. The van der Waals surface area contributed by atoms with Gasteiger partial charge in [0.25, 0.3) is 0 Å². The Bertz CT molecular complexity index is 370. The molecule has 0 aromatic heterocycles. The Morgan fingerprint density at radius 3 is 2.67 bits per heavy atom. The topological polar surface area (TPSA) is 72.8 Å². The van der Waals surface area contributed by atoms with Crippen LogP contribution in [-0.4, -0.2) is 51.7 Å². The van der Waals surface area contributed by atoms with E-state index < -0.39 is 16.4 Å². The molecule has 0 bridgehead atoms. The van der Waals surface area contributed by atoms with Crippen molar-refractivity contribution in [2.45, 2.75) is 57.2 Å². The zero-order chi connectivity index (χ0) is 15.3. The number of esters is 1. The van der Waals surface area contributed by atoms with Gasteiger partial charge in [-0.3, -0.25) is 9.00 Å². The smallest absolute Gasteiger partial charge is 0.308 e. The van der Waals surface area contributed by atoms with Crippen LogP contribution in [-0.2, 0) is 25.1 Å². The molecule has 1 aliphatic carbocycles. The molecule has 0 amide bonds. The first-order valence-electron chi connectivity index (χ1n) is 7.88.